The van der Waals surface area contributed by atoms with Gasteiger partial charge in [-0.3, -0.25) is 0 Å². The second-order valence-electron chi connectivity index (χ2n) is 3.12. The Morgan fingerprint density at radius 3 is 2.07 bits per heavy atom. The summed E-state index contributed by atoms with van der Waals surface area (Å²) < 4.78 is 25.4. The highest BCUT2D eigenvalue weighted by Crippen LogP contribution is 2.20. The molecule has 0 bridgehead atoms. The van der Waals surface area contributed by atoms with Gasteiger partial charge in [0.05, 0.1) is 6.10 Å². The summed E-state index contributed by atoms with van der Waals surface area (Å²) in [4.78, 5) is 0. The van der Waals surface area contributed by atoms with E-state index in [1.807, 2.05) is 0 Å². The fourth-order valence-corrected chi connectivity index (χ4v) is 1.19. The Bertz CT molecular complexity index is 295. The predicted octanol–water partition coefficient (Wildman–Crippen LogP) is 1.77. The molecule has 1 rings (SSSR count). The monoisotopic (exact) mass is 202 g/mol. The molecular weight excluding hydrogens is 190 g/mol. The summed E-state index contributed by atoms with van der Waals surface area (Å²) in [5, 5.41) is 18.7. The van der Waals surface area contributed by atoms with Crippen molar-refractivity contribution in [3.63, 3.8) is 0 Å². The Morgan fingerprint density at radius 2 is 1.64 bits per heavy atom. The summed E-state index contributed by atoms with van der Waals surface area (Å²) in [5.41, 5.74) is 0.0526. The van der Waals surface area contributed by atoms with Gasteiger partial charge in [-0.15, -0.1) is 0 Å². The van der Waals surface area contributed by atoms with Crippen LogP contribution in [0.25, 0.3) is 0 Å². The van der Waals surface area contributed by atoms with Gasteiger partial charge < -0.3 is 10.2 Å². The van der Waals surface area contributed by atoms with E-state index in [1.165, 1.54) is 0 Å². The predicted molar refractivity (Wildman–Crippen MR) is 47.6 cm³/mol. The molecule has 2 N–H and O–H groups in total. The summed E-state index contributed by atoms with van der Waals surface area (Å²) in [6.45, 7) is 1.67. The molecule has 0 spiro atoms. The largest absolute Gasteiger partial charge is 0.390 e. The van der Waals surface area contributed by atoms with E-state index >= 15 is 0 Å². The maximum Gasteiger partial charge on any atom is 0.126 e. The minimum Gasteiger partial charge on any atom is -0.390 e. The minimum absolute atomic E-state index is 0.0526. The fourth-order valence-electron chi connectivity index (χ4n) is 1.19. The molecule has 0 radical (unpaired) electrons. The molecule has 0 heterocycles. The van der Waals surface area contributed by atoms with Crippen molar-refractivity contribution in [2.24, 2.45) is 0 Å². The van der Waals surface area contributed by atoms with E-state index in [2.05, 4.69) is 0 Å². The zero-order chi connectivity index (χ0) is 10.7. The van der Waals surface area contributed by atoms with Gasteiger partial charge in [0.1, 0.15) is 17.7 Å². The van der Waals surface area contributed by atoms with Crippen molar-refractivity contribution < 1.29 is 19.0 Å². The van der Waals surface area contributed by atoms with Crippen molar-refractivity contribution in [1.29, 1.82) is 0 Å². The lowest BCUT2D eigenvalue weighted by molar-refractivity contribution is 0.0161. The quantitative estimate of drug-likeness (QED) is 0.784. The lowest BCUT2D eigenvalue weighted by atomic mass is 10.0. The SMILES string of the molecule is CCC(O)C(O)c1cc(F)cc(F)c1. The molecule has 2 nitrogen and oxygen atoms in total. The van der Waals surface area contributed by atoms with E-state index in [0.29, 0.717) is 12.5 Å². The number of halogens is 2. The first-order valence-electron chi connectivity index (χ1n) is 4.36. The molecule has 0 aliphatic carbocycles. The van der Waals surface area contributed by atoms with Gasteiger partial charge in [-0.1, -0.05) is 6.92 Å². The molecule has 2 unspecified atom stereocenters. The number of benzene rings is 1. The van der Waals surface area contributed by atoms with Crippen LogP contribution in [0, 0.1) is 11.6 Å². The van der Waals surface area contributed by atoms with Crippen LogP contribution in [0.5, 0.6) is 0 Å². The van der Waals surface area contributed by atoms with Crippen molar-refractivity contribution in [2.45, 2.75) is 25.6 Å². The number of aliphatic hydroxyl groups excluding tert-OH is 2. The Kier molecular flexibility index (Phi) is 3.55. The van der Waals surface area contributed by atoms with E-state index in [1.54, 1.807) is 6.92 Å². The third-order valence-corrected chi connectivity index (χ3v) is 2.01. The third kappa shape index (κ3) is 2.49. The zero-order valence-electron chi connectivity index (χ0n) is 7.74. The summed E-state index contributed by atoms with van der Waals surface area (Å²) in [7, 11) is 0. The van der Waals surface area contributed by atoms with Gasteiger partial charge in [0.2, 0.25) is 0 Å². The molecule has 78 valence electrons. The number of rotatable bonds is 3. The zero-order valence-corrected chi connectivity index (χ0v) is 7.74. The molecule has 4 heteroatoms. The van der Waals surface area contributed by atoms with Crippen LogP contribution in [0.2, 0.25) is 0 Å². The molecule has 0 amide bonds. The summed E-state index contributed by atoms with van der Waals surface area (Å²) in [5.74, 6) is -1.52. The number of hydrogen-bond donors (Lipinski definition) is 2. The maximum absolute atomic E-state index is 12.7. The molecular formula is C10H12F2O2. The van der Waals surface area contributed by atoms with Crippen LogP contribution >= 0.6 is 0 Å². The van der Waals surface area contributed by atoms with E-state index in [0.717, 1.165) is 12.1 Å². The molecule has 0 saturated carbocycles. The molecule has 14 heavy (non-hydrogen) atoms. The summed E-state index contributed by atoms with van der Waals surface area (Å²) in [6.07, 6.45) is -1.93. The first-order chi connectivity index (χ1) is 6.54. The number of aliphatic hydroxyl groups is 2. The lowest BCUT2D eigenvalue weighted by Crippen LogP contribution is -2.17. The van der Waals surface area contributed by atoms with Crippen molar-refractivity contribution in [2.75, 3.05) is 0 Å². The van der Waals surface area contributed by atoms with Crippen LogP contribution in [0.1, 0.15) is 25.0 Å². The van der Waals surface area contributed by atoms with E-state index in [9.17, 15) is 19.0 Å². The fraction of sp³-hybridized carbons (Fsp3) is 0.400. The third-order valence-electron chi connectivity index (χ3n) is 2.01. The van der Waals surface area contributed by atoms with Gasteiger partial charge in [-0.25, -0.2) is 8.78 Å². The van der Waals surface area contributed by atoms with Crippen LogP contribution in [-0.4, -0.2) is 16.3 Å². The van der Waals surface area contributed by atoms with E-state index in [-0.39, 0.29) is 5.56 Å². The average Bonchev–Trinajstić information content (AvgIpc) is 2.14. The first-order valence-corrected chi connectivity index (χ1v) is 4.36. The molecule has 0 aromatic heterocycles. The lowest BCUT2D eigenvalue weighted by Gasteiger charge is -2.16. The van der Waals surface area contributed by atoms with Gasteiger partial charge in [-0.05, 0) is 24.1 Å². The smallest absolute Gasteiger partial charge is 0.126 e. The molecule has 1 aromatic rings. The van der Waals surface area contributed by atoms with E-state index in [4.69, 9.17) is 0 Å². The topological polar surface area (TPSA) is 40.5 Å². The Labute approximate surface area is 80.8 Å². The molecule has 0 aliphatic rings. The standard InChI is InChI=1S/C10H12F2O2/c1-2-9(13)10(14)6-3-7(11)5-8(12)4-6/h3-5,9-10,13-14H,2H2,1H3. The minimum atomic E-state index is -1.25. The van der Waals surface area contributed by atoms with Crippen LogP contribution < -0.4 is 0 Å². The maximum atomic E-state index is 12.7. The second kappa shape index (κ2) is 4.48. The highest BCUT2D eigenvalue weighted by atomic mass is 19.1. The van der Waals surface area contributed by atoms with Crippen LogP contribution in [-0.2, 0) is 0 Å². The highest BCUT2D eigenvalue weighted by Gasteiger charge is 2.17. The van der Waals surface area contributed by atoms with Crippen molar-refractivity contribution in [3.05, 3.63) is 35.4 Å². The van der Waals surface area contributed by atoms with Gasteiger partial charge >= 0.3 is 0 Å². The summed E-state index contributed by atoms with van der Waals surface area (Å²) in [6, 6.07) is 2.73. The van der Waals surface area contributed by atoms with Crippen molar-refractivity contribution in [1.82, 2.24) is 0 Å². The average molecular weight is 202 g/mol. The van der Waals surface area contributed by atoms with E-state index < -0.39 is 23.8 Å². The Hall–Kier alpha value is -1.00. The highest BCUT2D eigenvalue weighted by molar-refractivity contribution is 5.20. The Morgan fingerprint density at radius 1 is 1.14 bits per heavy atom. The Balaban J connectivity index is 2.94. The second-order valence-corrected chi connectivity index (χ2v) is 3.12. The van der Waals surface area contributed by atoms with Crippen LogP contribution in [0.15, 0.2) is 18.2 Å². The molecule has 2 atom stereocenters. The first kappa shape index (κ1) is 11.1. The van der Waals surface area contributed by atoms with Crippen LogP contribution in [0.3, 0.4) is 0 Å². The molecule has 0 saturated heterocycles. The van der Waals surface area contributed by atoms with Gasteiger partial charge in [0.25, 0.3) is 0 Å². The normalized spacial score (nSPS) is 15.2. The van der Waals surface area contributed by atoms with Gasteiger partial charge in [0, 0.05) is 6.07 Å². The van der Waals surface area contributed by atoms with Gasteiger partial charge in [-0.2, -0.15) is 0 Å². The molecule has 0 fully saturated rings. The van der Waals surface area contributed by atoms with Crippen LogP contribution in [0.4, 0.5) is 8.78 Å². The van der Waals surface area contributed by atoms with Crippen molar-refractivity contribution in [3.8, 4) is 0 Å². The molecule has 1 aromatic carbocycles. The summed E-state index contributed by atoms with van der Waals surface area (Å²) >= 11 is 0. The molecule has 0 aliphatic heterocycles. The van der Waals surface area contributed by atoms with Crippen molar-refractivity contribution >= 4 is 0 Å². The number of hydrogen-bond acceptors (Lipinski definition) is 2. The van der Waals surface area contributed by atoms with Gasteiger partial charge in [0.15, 0.2) is 0 Å².